The first-order valence-corrected chi connectivity index (χ1v) is 2.96. The van der Waals surface area contributed by atoms with Crippen LogP contribution in [0.1, 0.15) is 6.42 Å². The molecule has 0 aromatic heterocycles. The van der Waals surface area contributed by atoms with Gasteiger partial charge >= 0.3 is 0 Å². The van der Waals surface area contributed by atoms with E-state index < -0.39 is 0 Å². The molecule has 1 saturated heterocycles. The maximum atomic E-state index is 10.6. The number of likely N-dealkylation sites (tertiary alicyclic amines) is 1. The van der Waals surface area contributed by atoms with E-state index >= 15 is 0 Å². The fourth-order valence-corrected chi connectivity index (χ4v) is 0.828. The summed E-state index contributed by atoms with van der Waals surface area (Å²) in [5, 5.41) is 8.54. The van der Waals surface area contributed by atoms with Crippen molar-refractivity contribution < 1.29 is 14.6 Å². The largest absolute Gasteiger partial charge is 0.478 e. The van der Waals surface area contributed by atoms with Crippen LogP contribution in [0.2, 0.25) is 0 Å². The van der Waals surface area contributed by atoms with Crippen molar-refractivity contribution in [1.29, 1.82) is 0 Å². The Balaban J connectivity index is 2.37. The van der Waals surface area contributed by atoms with E-state index in [1.54, 1.807) is 0 Å². The molecule has 0 aromatic carbocycles. The standard InChI is InChI=1S/C6H9NO3/c1-2-10-6-3-5(9)7(6)4-8/h2,6,8H,1,3-4H2. The van der Waals surface area contributed by atoms with E-state index in [0.717, 1.165) is 0 Å². The average Bonchev–Trinajstić information content (AvgIpc) is 1.88. The fourth-order valence-electron chi connectivity index (χ4n) is 0.828. The van der Waals surface area contributed by atoms with Crippen molar-refractivity contribution in [2.24, 2.45) is 0 Å². The number of ether oxygens (including phenoxy) is 1. The van der Waals surface area contributed by atoms with E-state index in [4.69, 9.17) is 9.84 Å². The number of nitrogens with zero attached hydrogens (tertiary/aromatic N) is 1. The summed E-state index contributed by atoms with van der Waals surface area (Å²) < 4.78 is 4.86. The molecule has 1 fully saturated rings. The molecule has 10 heavy (non-hydrogen) atoms. The highest BCUT2D eigenvalue weighted by atomic mass is 16.5. The molecule has 56 valence electrons. The van der Waals surface area contributed by atoms with Gasteiger partial charge in [0.05, 0.1) is 12.7 Å². The number of aliphatic hydroxyl groups excluding tert-OH is 1. The fraction of sp³-hybridized carbons (Fsp3) is 0.500. The molecular weight excluding hydrogens is 134 g/mol. The lowest BCUT2D eigenvalue weighted by Gasteiger charge is -2.37. The number of hydrogen-bond acceptors (Lipinski definition) is 3. The molecule has 0 bridgehead atoms. The van der Waals surface area contributed by atoms with Gasteiger partial charge in [-0.25, -0.2) is 0 Å². The lowest BCUT2D eigenvalue weighted by molar-refractivity contribution is -0.174. The molecule has 1 aliphatic heterocycles. The highest BCUT2D eigenvalue weighted by molar-refractivity contribution is 5.82. The summed E-state index contributed by atoms with van der Waals surface area (Å²) in [7, 11) is 0. The second kappa shape index (κ2) is 2.70. The second-order valence-electron chi connectivity index (χ2n) is 1.97. The van der Waals surface area contributed by atoms with E-state index in [1.807, 2.05) is 0 Å². The predicted octanol–water partition coefficient (Wildman–Crippen LogP) is -0.345. The summed E-state index contributed by atoms with van der Waals surface area (Å²) in [5.74, 6) is -0.0886. The first kappa shape index (κ1) is 7.08. The number of β-lactam (4-membered cyclic amide) rings is 1. The van der Waals surface area contributed by atoms with Gasteiger partial charge < -0.3 is 9.84 Å². The number of carbonyl (C=O) groups is 1. The molecule has 1 unspecified atom stereocenters. The Labute approximate surface area is 58.7 Å². The molecule has 0 saturated carbocycles. The van der Waals surface area contributed by atoms with Crippen molar-refractivity contribution in [2.75, 3.05) is 6.73 Å². The molecule has 0 aliphatic carbocycles. The van der Waals surface area contributed by atoms with Crippen LogP contribution < -0.4 is 0 Å². The summed E-state index contributed by atoms with van der Waals surface area (Å²) in [4.78, 5) is 11.8. The quantitative estimate of drug-likeness (QED) is 0.434. The first-order valence-electron chi connectivity index (χ1n) is 2.96. The second-order valence-corrected chi connectivity index (χ2v) is 1.97. The monoisotopic (exact) mass is 143 g/mol. The predicted molar refractivity (Wildman–Crippen MR) is 33.6 cm³/mol. The SMILES string of the molecule is C=COC1CC(=O)N1CO. The van der Waals surface area contributed by atoms with Gasteiger partial charge in [-0.15, -0.1) is 0 Å². The molecule has 0 aromatic rings. The van der Waals surface area contributed by atoms with E-state index in [-0.39, 0.29) is 18.9 Å². The maximum absolute atomic E-state index is 10.6. The van der Waals surface area contributed by atoms with Crippen LogP contribution in [0, 0.1) is 0 Å². The summed E-state index contributed by atoms with van der Waals surface area (Å²) in [6, 6.07) is 0. The van der Waals surface area contributed by atoms with Gasteiger partial charge in [0.25, 0.3) is 0 Å². The van der Waals surface area contributed by atoms with Crippen molar-refractivity contribution in [1.82, 2.24) is 4.90 Å². The zero-order valence-corrected chi connectivity index (χ0v) is 5.49. The summed E-state index contributed by atoms with van der Waals surface area (Å²) in [6.07, 6.45) is 1.31. The lowest BCUT2D eigenvalue weighted by atomic mass is 10.2. The Bertz CT molecular complexity index is 155. The van der Waals surface area contributed by atoms with Crippen LogP contribution in [0.3, 0.4) is 0 Å². The van der Waals surface area contributed by atoms with Gasteiger partial charge in [0.1, 0.15) is 6.73 Å². The van der Waals surface area contributed by atoms with Gasteiger partial charge in [-0.1, -0.05) is 6.58 Å². The summed E-state index contributed by atoms with van der Waals surface area (Å²) >= 11 is 0. The van der Waals surface area contributed by atoms with Gasteiger partial charge in [-0.2, -0.15) is 0 Å². The molecule has 1 atom stereocenters. The lowest BCUT2D eigenvalue weighted by Crippen LogP contribution is -2.53. The minimum absolute atomic E-state index is 0.0886. The normalized spacial score (nSPS) is 23.9. The van der Waals surface area contributed by atoms with Crippen molar-refractivity contribution >= 4 is 5.91 Å². The van der Waals surface area contributed by atoms with Crippen LogP contribution >= 0.6 is 0 Å². The van der Waals surface area contributed by atoms with Crippen molar-refractivity contribution in [2.45, 2.75) is 12.6 Å². The first-order chi connectivity index (χ1) is 4.79. The Morgan fingerprint density at radius 2 is 2.70 bits per heavy atom. The van der Waals surface area contributed by atoms with E-state index in [9.17, 15) is 4.79 Å². The average molecular weight is 143 g/mol. The Morgan fingerprint density at radius 3 is 3.10 bits per heavy atom. The third-order valence-corrected chi connectivity index (χ3v) is 1.42. The molecule has 1 rings (SSSR count). The van der Waals surface area contributed by atoms with Crippen LogP contribution in [-0.4, -0.2) is 28.9 Å². The van der Waals surface area contributed by atoms with Crippen molar-refractivity contribution in [3.63, 3.8) is 0 Å². The topological polar surface area (TPSA) is 49.8 Å². The van der Waals surface area contributed by atoms with E-state index in [2.05, 4.69) is 6.58 Å². The van der Waals surface area contributed by atoms with Crippen LogP contribution in [0.4, 0.5) is 0 Å². The van der Waals surface area contributed by atoms with Gasteiger partial charge in [-0.3, -0.25) is 9.69 Å². The van der Waals surface area contributed by atoms with E-state index in [0.29, 0.717) is 6.42 Å². The minimum atomic E-state index is -0.296. The number of aliphatic hydroxyl groups is 1. The zero-order valence-electron chi connectivity index (χ0n) is 5.49. The molecule has 4 heteroatoms. The molecule has 4 nitrogen and oxygen atoms in total. The Hall–Kier alpha value is -1.03. The number of hydrogen-bond donors (Lipinski definition) is 1. The maximum Gasteiger partial charge on any atom is 0.232 e. The number of carbonyl (C=O) groups excluding carboxylic acids is 1. The molecule has 1 N–H and O–H groups in total. The van der Waals surface area contributed by atoms with Crippen molar-refractivity contribution in [3.05, 3.63) is 12.8 Å². The Kier molecular flexibility index (Phi) is 1.91. The summed E-state index contributed by atoms with van der Waals surface area (Å²) in [5.41, 5.74) is 0. The number of rotatable bonds is 3. The molecule has 1 heterocycles. The highest BCUT2D eigenvalue weighted by Gasteiger charge is 2.36. The molecule has 1 aliphatic rings. The van der Waals surface area contributed by atoms with Crippen LogP contribution in [-0.2, 0) is 9.53 Å². The molecule has 0 radical (unpaired) electrons. The molecule has 1 amide bonds. The minimum Gasteiger partial charge on any atom is -0.478 e. The van der Waals surface area contributed by atoms with Gasteiger partial charge in [0.15, 0.2) is 6.23 Å². The van der Waals surface area contributed by atoms with Crippen molar-refractivity contribution in [3.8, 4) is 0 Å². The third-order valence-electron chi connectivity index (χ3n) is 1.42. The number of amides is 1. The van der Waals surface area contributed by atoms with E-state index in [1.165, 1.54) is 11.2 Å². The Morgan fingerprint density at radius 1 is 2.00 bits per heavy atom. The highest BCUT2D eigenvalue weighted by Crippen LogP contribution is 2.18. The van der Waals surface area contributed by atoms with Gasteiger partial charge in [-0.05, 0) is 0 Å². The van der Waals surface area contributed by atoms with Crippen LogP contribution in [0.25, 0.3) is 0 Å². The molecular formula is C6H9NO3. The van der Waals surface area contributed by atoms with Gasteiger partial charge in [0.2, 0.25) is 5.91 Å². The summed E-state index contributed by atoms with van der Waals surface area (Å²) in [6.45, 7) is 3.05. The smallest absolute Gasteiger partial charge is 0.232 e. The van der Waals surface area contributed by atoms with Crippen LogP contribution in [0.15, 0.2) is 12.8 Å². The molecule has 0 spiro atoms. The van der Waals surface area contributed by atoms with Crippen LogP contribution in [0.5, 0.6) is 0 Å². The van der Waals surface area contributed by atoms with Gasteiger partial charge in [0, 0.05) is 0 Å². The third kappa shape index (κ3) is 0.974. The zero-order chi connectivity index (χ0) is 7.56.